The number of aryl methyl sites for hydroxylation is 1. The average molecular weight is 434 g/mol. The predicted octanol–water partition coefficient (Wildman–Crippen LogP) is 3.13. The molecule has 2 atom stereocenters. The number of amides is 1. The van der Waals surface area contributed by atoms with E-state index in [0.29, 0.717) is 30.1 Å². The first kappa shape index (κ1) is 20.4. The molecule has 1 saturated heterocycles. The summed E-state index contributed by atoms with van der Waals surface area (Å²) in [6, 6.07) is 3.47. The van der Waals surface area contributed by atoms with Crippen LogP contribution in [0, 0.1) is 18.6 Å². The number of carbonyl (C=O) groups excluding carboxylic acids is 1. The first-order valence-electron chi connectivity index (χ1n) is 9.29. The molecule has 2 aromatic heterocycles. The minimum absolute atomic E-state index is 0.0148. The van der Waals surface area contributed by atoms with Crippen LogP contribution in [0.15, 0.2) is 18.2 Å². The third-order valence-corrected chi connectivity index (χ3v) is 5.79. The third kappa shape index (κ3) is 3.78. The summed E-state index contributed by atoms with van der Waals surface area (Å²) in [4.78, 5) is 16.9. The van der Waals surface area contributed by atoms with Gasteiger partial charge in [0.25, 0.3) is 5.91 Å². The fraction of sp³-hybridized carbons (Fsp3) is 0.316. The highest BCUT2D eigenvalue weighted by atomic mass is 32.1. The van der Waals surface area contributed by atoms with Crippen LogP contribution in [0.4, 0.5) is 19.5 Å². The monoisotopic (exact) mass is 434 g/mol. The van der Waals surface area contributed by atoms with E-state index in [4.69, 9.17) is 16.2 Å². The fourth-order valence-electron chi connectivity index (χ4n) is 3.33. The largest absolute Gasteiger partial charge is 0.389 e. The molecule has 8 nitrogen and oxygen atoms in total. The highest BCUT2D eigenvalue weighted by Gasteiger charge is 2.29. The molecular weight excluding hydrogens is 414 g/mol. The Morgan fingerprint density at radius 3 is 2.80 bits per heavy atom. The topological polar surface area (TPSA) is 132 Å². The summed E-state index contributed by atoms with van der Waals surface area (Å²) in [5.74, 6) is -2.18. The summed E-state index contributed by atoms with van der Waals surface area (Å²) in [6.07, 6.45) is 0.972. The van der Waals surface area contributed by atoms with E-state index in [-0.39, 0.29) is 33.4 Å². The van der Waals surface area contributed by atoms with Gasteiger partial charge in [0, 0.05) is 12.6 Å². The van der Waals surface area contributed by atoms with Gasteiger partial charge in [-0.2, -0.15) is 5.10 Å². The molecule has 11 heteroatoms. The molecule has 1 aliphatic heterocycles. The van der Waals surface area contributed by atoms with Gasteiger partial charge in [-0.15, -0.1) is 0 Å². The second-order valence-electron chi connectivity index (χ2n) is 7.04. The lowest BCUT2D eigenvalue weighted by molar-refractivity contribution is 0.00451. The Hall–Kier alpha value is -2.89. The number of hydrogen-bond donors (Lipinski definition) is 4. The number of nitrogen functional groups attached to an aromatic ring is 1. The van der Waals surface area contributed by atoms with Crippen molar-refractivity contribution in [3.8, 4) is 10.6 Å². The van der Waals surface area contributed by atoms with Crippen LogP contribution in [0.3, 0.4) is 0 Å². The van der Waals surface area contributed by atoms with Crippen LogP contribution >= 0.6 is 11.3 Å². The Labute approximate surface area is 174 Å². The van der Waals surface area contributed by atoms with Crippen LogP contribution in [0.2, 0.25) is 0 Å². The van der Waals surface area contributed by atoms with Gasteiger partial charge >= 0.3 is 0 Å². The van der Waals surface area contributed by atoms with Crippen LogP contribution in [0.25, 0.3) is 10.6 Å². The number of aromatic nitrogens is 3. The van der Waals surface area contributed by atoms with Gasteiger partial charge in [0.2, 0.25) is 0 Å². The molecule has 4 rings (SSSR count). The second kappa shape index (κ2) is 8.09. The van der Waals surface area contributed by atoms with Crippen LogP contribution < -0.4 is 16.8 Å². The van der Waals surface area contributed by atoms with Crippen molar-refractivity contribution in [3.63, 3.8) is 0 Å². The number of nitrogens with one attached hydrogen (secondary N) is 2. The maximum absolute atomic E-state index is 14.1. The summed E-state index contributed by atoms with van der Waals surface area (Å²) in [5.41, 5.74) is 13.1. The molecule has 0 aliphatic carbocycles. The van der Waals surface area contributed by atoms with Crippen molar-refractivity contribution in [3.05, 3.63) is 46.9 Å². The number of anilines is 2. The number of H-pyrrole nitrogens is 1. The number of halogens is 2. The van der Waals surface area contributed by atoms with E-state index in [2.05, 4.69) is 20.5 Å². The summed E-state index contributed by atoms with van der Waals surface area (Å²) >= 11 is 0.835. The Morgan fingerprint density at radius 1 is 1.37 bits per heavy atom. The Morgan fingerprint density at radius 2 is 2.10 bits per heavy atom. The Bertz CT molecular complexity index is 1080. The van der Waals surface area contributed by atoms with Crippen LogP contribution in [0.1, 0.15) is 40.8 Å². The molecule has 1 aliphatic rings. The molecule has 0 radical (unpaired) electrons. The van der Waals surface area contributed by atoms with Gasteiger partial charge in [-0.3, -0.25) is 9.89 Å². The van der Waals surface area contributed by atoms with Crippen molar-refractivity contribution in [2.45, 2.75) is 31.9 Å². The first-order valence-corrected chi connectivity index (χ1v) is 10.1. The van der Waals surface area contributed by atoms with E-state index < -0.39 is 17.5 Å². The molecule has 6 N–H and O–H groups in total. The number of nitrogens with zero attached hydrogens (tertiary/aromatic N) is 2. The molecule has 1 aromatic carbocycles. The normalized spacial score (nSPS) is 19.1. The van der Waals surface area contributed by atoms with Gasteiger partial charge in [-0.05, 0) is 31.9 Å². The molecule has 1 fully saturated rings. The number of aromatic amines is 1. The predicted molar refractivity (Wildman–Crippen MR) is 109 cm³/mol. The van der Waals surface area contributed by atoms with Gasteiger partial charge < -0.3 is 21.5 Å². The molecule has 30 heavy (non-hydrogen) atoms. The molecule has 158 valence electrons. The molecule has 3 aromatic rings. The van der Waals surface area contributed by atoms with E-state index >= 15 is 0 Å². The average Bonchev–Trinajstić information content (AvgIpc) is 3.25. The van der Waals surface area contributed by atoms with Gasteiger partial charge in [-0.1, -0.05) is 17.4 Å². The van der Waals surface area contributed by atoms with E-state index in [0.717, 1.165) is 29.9 Å². The van der Waals surface area contributed by atoms with E-state index in [1.54, 1.807) is 6.92 Å². The van der Waals surface area contributed by atoms with Crippen molar-refractivity contribution < 1.29 is 18.3 Å². The number of benzene rings is 1. The highest BCUT2D eigenvalue weighted by Crippen LogP contribution is 2.35. The molecule has 0 saturated carbocycles. The highest BCUT2D eigenvalue weighted by molar-refractivity contribution is 7.19. The smallest absolute Gasteiger partial charge is 0.277 e. The minimum Gasteiger partial charge on any atom is -0.389 e. The van der Waals surface area contributed by atoms with Crippen LogP contribution in [-0.2, 0) is 4.74 Å². The maximum Gasteiger partial charge on any atom is 0.277 e. The molecule has 3 heterocycles. The quantitative estimate of drug-likeness (QED) is 0.499. The number of thiazole rings is 1. The summed E-state index contributed by atoms with van der Waals surface area (Å²) in [7, 11) is 0. The minimum atomic E-state index is -0.783. The lowest BCUT2D eigenvalue weighted by Crippen LogP contribution is -2.31. The van der Waals surface area contributed by atoms with Crippen molar-refractivity contribution in [2.75, 3.05) is 17.7 Å². The van der Waals surface area contributed by atoms with E-state index in [9.17, 15) is 13.6 Å². The lowest BCUT2D eigenvalue weighted by Gasteiger charge is -2.26. The summed E-state index contributed by atoms with van der Waals surface area (Å²) < 4.78 is 33.9. The van der Waals surface area contributed by atoms with Gasteiger partial charge in [-0.25, -0.2) is 13.8 Å². The first-order chi connectivity index (χ1) is 14.3. The molecule has 2 unspecified atom stereocenters. The Balaban J connectivity index is 1.62. The summed E-state index contributed by atoms with van der Waals surface area (Å²) in [5, 5.41) is 9.86. The van der Waals surface area contributed by atoms with Crippen molar-refractivity contribution >= 4 is 27.9 Å². The van der Waals surface area contributed by atoms with Crippen LogP contribution in [0.5, 0.6) is 0 Å². The molecule has 1 amide bonds. The maximum atomic E-state index is 14.1. The number of rotatable bonds is 4. The molecule has 0 bridgehead atoms. The second-order valence-corrected chi connectivity index (χ2v) is 8.07. The van der Waals surface area contributed by atoms with Crippen molar-refractivity contribution in [2.24, 2.45) is 5.73 Å². The zero-order valence-electron chi connectivity index (χ0n) is 16.0. The summed E-state index contributed by atoms with van der Waals surface area (Å²) in [6.45, 7) is 2.25. The van der Waals surface area contributed by atoms with Gasteiger partial charge in [0.05, 0.1) is 16.9 Å². The number of nitrogens with two attached hydrogens (primary N) is 2. The lowest BCUT2D eigenvalue weighted by atomic mass is 10.0. The zero-order valence-corrected chi connectivity index (χ0v) is 16.9. The van der Waals surface area contributed by atoms with Gasteiger partial charge in [0.1, 0.15) is 33.4 Å². The zero-order chi connectivity index (χ0) is 21.4. The Kier molecular flexibility index (Phi) is 5.50. The van der Waals surface area contributed by atoms with E-state index in [1.165, 1.54) is 6.07 Å². The van der Waals surface area contributed by atoms with Gasteiger partial charge in [0.15, 0.2) is 5.69 Å². The number of hydrogen-bond acceptors (Lipinski definition) is 7. The fourth-order valence-corrected chi connectivity index (χ4v) is 4.21. The number of carbonyl (C=O) groups is 1. The molecular formula is C19H20F2N6O2S. The van der Waals surface area contributed by atoms with Crippen LogP contribution in [-0.4, -0.2) is 33.7 Å². The van der Waals surface area contributed by atoms with E-state index in [1.807, 2.05) is 0 Å². The number of ether oxygens (including phenoxy) is 1. The standard InChI is InChI=1S/C19H20F2N6O2S/c1-8-14(15(27-26-8)12-7-9(22)5-6-29-12)24-18(28)16-17(23)30-19(25-16)13-10(20)3-2-4-11(13)21/h2-4,9,12H,5-7,22-23H2,1H3,(H,24,28)(H,26,27). The SMILES string of the molecule is Cc1[nH]nc(C2CC(N)CCO2)c1NC(=O)c1nc(-c2c(F)cccc2F)sc1N. The third-order valence-electron chi connectivity index (χ3n) is 4.89. The molecule has 0 spiro atoms. The van der Waals surface area contributed by atoms with Crippen molar-refractivity contribution in [1.29, 1.82) is 0 Å². The van der Waals surface area contributed by atoms with Crippen molar-refractivity contribution in [1.82, 2.24) is 15.2 Å².